The molecule has 5 rings (SSSR count). The van der Waals surface area contributed by atoms with Gasteiger partial charge in [0.15, 0.2) is 0 Å². The van der Waals surface area contributed by atoms with Crippen molar-refractivity contribution in [3.05, 3.63) is 59.2 Å². The third-order valence-electron chi connectivity index (χ3n) is 6.71. The number of fused-ring (bicyclic) bond motifs is 1. The normalized spacial score (nSPS) is 29.0. The lowest BCUT2D eigenvalue weighted by molar-refractivity contribution is -0.139. The van der Waals surface area contributed by atoms with Crippen molar-refractivity contribution < 1.29 is 14.3 Å². The van der Waals surface area contributed by atoms with E-state index in [4.69, 9.17) is 4.74 Å². The second-order valence-corrected chi connectivity index (χ2v) is 8.80. The number of anilines is 1. The van der Waals surface area contributed by atoms with E-state index in [9.17, 15) is 9.59 Å². The Morgan fingerprint density at radius 1 is 1.33 bits per heavy atom. The number of rotatable bonds is 4. The van der Waals surface area contributed by atoms with Crippen LogP contribution in [0, 0.1) is 32.6 Å². The van der Waals surface area contributed by atoms with Crippen molar-refractivity contribution in [1.29, 1.82) is 0 Å². The maximum atomic E-state index is 13.5. The summed E-state index contributed by atoms with van der Waals surface area (Å²) in [6.45, 7) is 6.83. The van der Waals surface area contributed by atoms with Gasteiger partial charge in [-0.1, -0.05) is 18.2 Å². The molecule has 2 saturated heterocycles. The minimum absolute atomic E-state index is 0.0364. The van der Waals surface area contributed by atoms with E-state index < -0.39 is 17.4 Å². The lowest BCUT2D eigenvalue weighted by atomic mass is 9.76. The van der Waals surface area contributed by atoms with Gasteiger partial charge in [-0.3, -0.25) is 9.59 Å². The number of imidazole rings is 1. The molecule has 1 aromatic carbocycles. The number of H-pyrrole nitrogens is 1. The second-order valence-electron chi connectivity index (χ2n) is 8.80. The number of benzene rings is 1. The van der Waals surface area contributed by atoms with Crippen LogP contribution in [0.5, 0.6) is 0 Å². The van der Waals surface area contributed by atoms with Gasteiger partial charge in [0.2, 0.25) is 11.8 Å². The van der Waals surface area contributed by atoms with Crippen LogP contribution in [0.15, 0.2) is 36.5 Å². The van der Waals surface area contributed by atoms with Crippen molar-refractivity contribution in [1.82, 2.24) is 14.9 Å². The molecule has 156 valence electrons. The fraction of sp³-hybridized carbons (Fsp3) is 0.435. The van der Waals surface area contributed by atoms with Crippen LogP contribution in [0.2, 0.25) is 0 Å². The minimum Gasteiger partial charge on any atom is -0.360 e. The molecule has 3 aliphatic rings. The Labute approximate surface area is 175 Å². The van der Waals surface area contributed by atoms with Crippen LogP contribution in [0.3, 0.4) is 0 Å². The highest BCUT2D eigenvalue weighted by molar-refractivity contribution is 6.03. The maximum absolute atomic E-state index is 13.5. The molecule has 0 radical (unpaired) electrons. The van der Waals surface area contributed by atoms with Gasteiger partial charge < -0.3 is 19.5 Å². The SMILES string of the molecule is Cc1cnc(CN(C)C(=O)[C@@H]2[C@@H]3C=C[C@@]4(CN(c5ccc(C)c(C)c5)C(=O)[C@@H]24)O3)[nH]1. The Kier molecular flexibility index (Phi) is 4.15. The van der Waals surface area contributed by atoms with Gasteiger partial charge in [-0.2, -0.15) is 0 Å². The Bertz CT molecular complexity index is 1070. The van der Waals surface area contributed by atoms with Crippen LogP contribution in [0.4, 0.5) is 5.69 Å². The van der Waals surface area contributed by atoms with Gasteiger partial charge in [0, 0.05) is 24.6 Å². The highest BCUT2D eigenvalue weighted by Gasteiger charge is 2.67. The van der Waals surface area contributed by atoms with Crippen molar-refractivity contribution in [2.24, 2.45) is 11.8 Å². The van der Waals surface area contributed by atoms with Crippen LogP contribution in [0.25, 0.3) is 0 Å². The van der Waals surface area contributed by atoms with E-state index in [1.165, 1.54) is 5.56 Å². The number of hydrogen-bond acceptors (Lipinski definition) is 4. The molecular formula is C23H26N4O3. The molecule has 2 amide bonds. The van der Waals surface area contributed by atoms with Gasteiger partial charge in [-0.25, -0.2) is 4.98 Å². The largest absolute Gasteiger partial charge is 0.360 e. The molecule has 2 aromatic rings. The predicted octanol–water partition coefficient (Wildman–Crippen LogP) is 2.28. The Morgan fingerprint density at radius 3 is 2.83 bits per heavy atom. The van der Waals surface area contributed by atoms with Crippen molar-refractivity contribution in [2.45, 2.75) is 39.0 Å². The molecule has 0 unspecified atom stereocenters. The van der Waals surface area contributed by atoms with Crippen LogP contribution in [-0.4, -0.2) is 52.0 Å². The summed E-state index contributed by atoms with van der Waals surface area (Å²) in [5.41, 5.74) is 3.41. The first-order valence-corrected chi connectivity index (χ1v) is 10.3. The van der Waals surface area contributed by atoms with Crippen LogP contribution < -0.4 is 4.90 Å². The summed E-state index contributed by atoms with van der Waals surface area (Å²) in [6, 6.07) is 6.03. The number of carbonyl (C=O) groups is 2. The predicted molar refractivity (Wildman–Crippen MR) is 112 cm³/mol. The van der Waals surface area contributed by atoms with E-state index in [2.05, 4.69) is 16.9 Å². The molecule has 3 aliphatic heterocycles. The van der Waals surface area contributed by atoms with Gasteiger partial charge in [0.25, 0.3) is 0 Å². The third-order valence-corrected chi connectivity index (χ3v) is 6.71. The number of nitrogens with one attached hydrogen (secondary N) is 1. The first-order valence-electron chi connectivity index (χ1n) is 10.3. The monoisotopic (exact) mass is 406 g/mol. The van der Waals surface area contributed by atoms with E-state index >= 15 is 0 Å². The second kappa shape index (κ2) is 6.54. The maximum Gasteiger partial charge on any atom is 0.234 e. The average Bonchev–Trinajstić information content (AvgIpc) is 3.45. The quantitative estimate of drug-likeness (QED) is 0.791. The van der Waals surface area contributed by atoms with Gasteiger partial charge in [-0.15, -0.1) is 0 Å². The molecule has 4 heterocycles. The Hall–Kier alpha value is -2.93. The van der Waals surface area contributed by atoms with E-state index in [0.29, 0.717) is 13.1 Å². The van der Waals surface area contributed by atoms with Crippen molar-refractivity contribution in [2.75, 3.05) is 18.5 Å². The highest BCUT2D eigenvalue weighted by atomic mass is 16.5. The molecule has 2 bridgehead atoms. The topological polar surface area (TPSA) is 78.5 Å². The number of aromatic amines is 1. The molecule has 4 atom stereocenters. The molecular weight excluding hydrogens is 380 g/mol. The number of amides is 2. The fourth-order valence-corrected chi connectivity index (χ4v) is 5.00. The molecule has 1 N–H and O–H groups in total. The number of hydrogen-bond donors (Lipinski definition) is 1. The van der Waals surface area contributed by atoms with E-state index in [1.807, 2.05) is 44.2 Å². The van der Waals surface area contributed by atoms with Gasteiger partial charge >= 0.3 is 0 Å². The van der Waals surface area contributed by atoms with E-state index in [0.717, 1.165) is 22.8 Å². The number of aromatic nitrogens is 2. The minimum atomic E-state index is -0.719. The smallest absolute Gasteiger partial charge is 0.234 e. The molecule has 7 heteroatoms. The molecule has 1 aromatic heterocycles. The zero-order chi connectivity index (χ0) is 21.2. The van der Waals surface area contributed by atoms with Crippen molar-refractivity contribution >= 4 is 17.5 Å². The standard InChI is InChI=1S/C23H26N4O3/c1-13-5-6-16(9-14(13)2)27-12-23-8-7-17(30-23)19(20(23)22(27)29)21(28)26(4)11-18-24-10-15(3)25-18/h5-10,17,19-20H,11-12H2,1-4H3,(H,24,25)/t17-,19+,20+,23-/m0/s1. The Morgan fingerprint density at radius 2 is 2.13 bits per heavy atom. The summed E-state index contributed by atoms with van der Waals surface area (Å²) >= 11 is 0. The van der Waals surface area contributed by atoms with Crippen molar-refractivity contribution in [3.63, 3.8) is 0 Å². The summed E-state index contributed by atoms with van der Waals surface area (Å²) in [7, 11) is 1.75. The molecule has 7 nitrogen and oxygen atoms in total. The van der Waals surface area contributed by atoms with E-state index in [-0.39, 0.29) is 17.9 Å². The summed E-state index contributed by atoms with van der Waals surface area (Å²) in [5.74, 6) is -0.402. The van der Waals surface area contributed by atoms with Gasteiger partial charge in [0.1, 0.15) is 11.4 Å². The van der Waals surface area contributed by atoms with Crippen LogP contribution in [-0.2, 0) is 20.9 Å². The molecule has 1 spiro atoms. The number of carbonyl (C=O) groups excluding carboxylic acids is 2. The van der Waals surface area contributed by atoms with Crippen LogP contribution in [0.1, 0.15) is 22.6 Å². The van der Waals surface area contributed by atoms with Gasteiger partial charge in [-0.05, 0) is 44.0 Å². The number of nitrogens with zero attached hydrogens (tertiary/aromatic N) is 3. The number of ether oxygens (including phenoxy) is 1. The summed E-state index contributed by atoms with van der Waals surface area (Å²) < 4.78 is 6.25. The van der Waals surface area contributed by atoms with Gasteiger partial charge in [0.05, 0.1) is 31.0 Å². The first-order chi connectivity index (χ1) is 14.3. The zero-order valence-electron chi connectivity index (χ0n) is 17.7. The first kappa shape index (κ1) is 19.1. The average molecular weight is 406 g/mol. The lowest BCUT2D eigenvalue weighted by Gasteiger charge is -2.27. The summed E-state index contributed by atoms with van der Waals surface area (Å²) in [5, 5.41) is 0. The highest BCUT2D eigenvalue weighted by Crippen LogP contribution is 2.53. The number of aryl methyl sites for hydroxylation is 3. The third kappa shape index (κ3) is 2.72. The fourth-order valence-electron chi connectivity index (χ4n) is 5.00. The Balaban J connectivity index is 1.42. The summed E-state index contributed by atoms with van der Waals surface area (Å²) in [4.78, 5) is 37.7. The van der Waals surface area contributed by atoms with Crippen molar-refractivity contribution in [3.8, 4) is 0 Å². The summed E-state index contributed by atoms with van der Waals surface area (Å²) in [6.07, 6.45) is 5.32. The lowest BCUT2D eigenvalue weighted by Crippen LogP contribution is -2.44. The zero-order valence-corrected chi connectivity index (χ0v) is 17.7. The molecule has 30 heavy (non-hydrogen) atoms. The molecule has 0 saturated carbocycles. The van der Waals surface area contributed by atoms with E-state index in [1.54, 1.807) is 23.0 Å². The molecule has 2 fully saturated rings. The molecule has 0 aliphatic carbocycles. The van der Waals surface area contributed by atoms with Crippen LogP contribution >= 0.6 is 0 Å².